The van der Waals surface area contributed by atoms with Gasteiger partial charge in [0.15, 0.2) is 0 Å². The van der Waals surface area contributed by atoms with Gasteiger partial charge in [-0.1, -0.05) is 11.2 Å². The van der Waals surface area contributed by atoms with Crippen LogP contribution in [0.2, 0.25) is 0 Å². The van der Waals surface area contributed by atoms with Crippen molar-refractivity contribution >= 4 is 15.9 Å². The molecule has 4 rings (SSSR count). The monoisotopic (exact) mass is 485 g/mol. The van der Waals surface area contributed by atoms with Crippen LogP contribution in [-0.2, 0) is 16.6 Å². The van der Waals surface area contributed by atoms with Crippen LogP contribution >= 0.6 is 0 Å². The van der Waals surface area contributed by atoms with E-state index in [4.69, 9.17) is 9.26 Å². The number of rotatable bonds is 7. The average Bonchev–Trinajstić information content (AvgIpc) is 3.32. The van der Waals surface area contributed by atoms with Gasteiger partial charge in [0.2, 0.25) is 21.7 Å². The number of aryl methyl sites for hydroxylation is 1. The Balaban J connectivity index is 1.37. The summed E-state index contributed by atoms with van der Waals surface area (Å²) in [5.74, 6) is 1.60. The molecule has 34 heavy (non-hydrogen) atoms. The molecule has 1 aliphatic heterocycles. The number of methoxy groups -OCH3 is 1. The Bertz CT molecular complexity index is 1270. The minimum absolute atomic E-state index is 0.0756. The van der Waals surface area contributed by atoms with Crippen LogP contribution in [0.3, 0.4) is 0 Å². The van der Waals surface area contributed by atoms with E-state index in [2.05, 4.69) is 19.8 Å². The summed E-state index contributed by atoms with van der Waals surface area (Å²) in [6.07, 6.45) is 0. The van der Waals surface area contributed by atoms with Crippen LogP contribution in [0.25, 0.3) is 11.4 Å². The van der Waals surface area contributed by atoms with Crippen molar-refractivity contribution in [2.45, 2.75) is 18.4 Å². The van der Waals surface area contributed by atoms with E-state index in [1.807, 2.05) is 24.3 Å². The summed E-state index contributed by atoms with van der Waals surface area (Å²) >= 11 is 0. The number of nitrogens with one attached hydrogen (secondary N) is 1. The minimum atomic E-state index is -3.63. The van der Waals surface area contributed by atoms with Crippen LogP contribution in [0, 0.1) is 6.92 Å². The van der Waals surface area contributed by atoms with E-state index in [1.165, 1.54) is 19.2 Å². The van der Waals surface area contributed by atoms with Gasteiger partial charge in [-0.2, -0.15) is 4.98 Å². The molecule has 0 aliphatic carbocycles. The molecule has 0 saturated carbocycles. The third-order valence-corrected chi connectivity index (χ3v) is 7.27. The van der Waals surface area contributed by atoms with Crippen molar-refractivity contribution in [2.75, 3.05) is 40.3 Å². The molecule has 2 aromatic carbocycles. The Labute approximate surface area is 198 Å². The Morgan fingerprint density at radius 1 is 1.12 bits per heavy atom. The zero-order valence-corrected chi connectivity index (χ0v) is 20.1. The number of ether oxygens (including phenoxy) is 1. The van der Waals surface area contributed by atoms with Gasteiger partial charge >= 0.3 is 0 Å². The SMILES string of the molecule is CNS(=O)(=O)c1ccc(C)c(C(=O)N2CCN(Cc3nc(-c4ccc(OC)cc4)no3)CC2)c1. The first-order valence-corrected chi connectivity index (χ1v) is 12.3. The predicted molar refractivity (Wildman–Crippen MR) is 125 cm³/mol. The molecule has 10 nitrogen and oxygen atoms in total. The summed E-state index contributed by atoms with van der Waals surface area (Å²) < 4.78 is 37.1. The van der Waals surface area contributed by atoms with Crippen molar-refractivity contribution in [3.8, 4) is 17.1 Å². The fraction of sp³-hybridized carbons (Fsp3) is 0.348. The predicted octanol–water partition coefficient (Wildman–Crippen LogP) is 1.92. The van der Waals surface area contributed by atoms with Gasteiger partial charge in [-0.05, 0) is 55.9 Å². The largest absolute Gasteiger partial charge is 0.497 e. The number of carbonyl (C=O) groups is 1. The fourth-order valence-corrected chi connectivity index (χ4v) is 4.52. The number of nitrogens with zero attached hydrogens (tertiary/aromatic N) is 4. The number of aromatic nitrogens is 2. The first kappa shape index (κ1) is 23.9. The molecule has 0 bridgehead atoms. The van der Waals surface area contributed by atoms with Crippen molar-refractivity contribution in [3.63, 3.8) is 0 Å². The summed E-state index contributed by atoms with van der Waals surface area (Å²) in [6, 6.07) is 12.0. The van der Waals surface area contributed by atoms with Crippen LogP contribution in [0.5, 0.6) is 5.75 Å². The van der Waals surface area contributed by atoms with Crippen LogP contribution in [0.4, 0.5) is 0 Å². The lowest BCUT2D eigenvalue weighted by molar-refractivity contribution is 0.0614. The molecule has 1 amide bonds. The molecule has 1 aliphatic rings. The van der Waals surface area contributed by atoms with E-state index in [0.717, 1.165) is 16.9 Å². The second-order valence-electron chi connectivity index (χ2n) is 7.99. The minimum Gasteiger partial charge on any atom is -0.497 e. The standard InChI is InChI=1S/C23H27N5O5S/c1-16-4-9-19(34(30,31)24-2)14-20(16)23(29)28-12-10-27(11-13-28)15-21-25-22(26-33-21)17-5-7-18(32-3)8-6-17/h4-9,14,24H,10-13,15H2,1-3H3. The number of sulfonamides is 1. The number of hydrogen-bond acceptors (Lipinski definition) is 8. The summed E-state index contributed by atoms with van der Waals surface area (Å²) in [5.41, 5.74) is 1.97. The van der Waals surface area contributed by atoms with Gasteiger partial charge in [0.05, 0.1) is 18.6 Å². The number of benzene rings is 2. The lowest BCUT2D eigenvalue weighted by Gasteiger charge is -2.34. The van der Waals surface area contributed by atoms with Gasteiger partial charge < -0.3 is 14.2 Å². The summed E-state index contributed by atoms with van der Waals surface area (Å²) in [5, 5.41) is 4.06. The molecule has 1 aromatic heterocycles. The maximum Gasteiger partial charge on any atom is 0.254 e. The Morgan fingerprint density at radius 2 is 1.82 bits per heavy atom. The van der Waals surface area contributed by atoms with Crippen LogP contribution in [0.15, 0.2) is 51.9 Å². The number of carbonyl (C=O) groups excluding carboxylic acids is 1. The molecule has 180 valence electrons. The molecule has 1 fully saturated rings. The highest BCUT2D eigenvalue weighted by atomic mass is 32.2. The van der Waals surface area contributed by atoms with Crippen molar-refractivity contribution in [1.82, 2.24) is 24.7 Å². The van der Waals surface area contributed by atoms with E-state index in [-0.39, 0.29) is 10.8 Å². The summed E-state index contributed by atoms with van der Waals surface area (Å²) in [6.45, 7) is 4.59. The quantitative estimate of drug-likeness (QED) is 0.539. The van der Waals surface area contributed by atoms with E-state index < -0.39 is 10.0 Å². The van der Waals surface area contributed by atoms with Crippen LogP contribution < -0.4 is 9.46 Å². The van der Waals surface area contributed by atoms with Crippen LogP contribution in [-0.4, -0.2) is 74.6 Å². The topological polar surface area (TPSA) is 118 Å². The van der Waals surface area contributed by atoms with E-state index in [0.29, 0.717) is 50.0 Å². The lowest BCUT2D eigenvalue weighted by atomic mass is 10.1. The van der Waals surface area contributed by atoms with Gasteiger partial charge in [-0.25, -0.2) is 13.1 Å². The molecule has 1 N–H and O–H groups in total. The fourth-order valence-electron chi connectivity index (χ4n) is 3.76. The zero-order chi connectivity index (χ0) is 24.3. The Morgan fingerprint density at radius 3 is 2.47 bits per heavy atom. The first-order valence-electron chi connectivity index (χ1n) is 10.8. The smallest absolute Gasteiger partial charge is 0.254 e. The molecule has 11 heteroatoms. The molecule has 0 spiro atoms. The highest BCUT2D eigenvalue weighted by molar-refractivity contribution is 7.89. The van der Waals surface area contributed by atoms with Gasteiger partial charge in [0, 0.05) is 37.3 Å². The second kappa shape index (κ2) is 9.92. The molecule has 0 atom stereocenters. The van der Waals surface area contributed by atoms with E-state index >= 15 is 0 Å². The maximum absolute atomic E-state index is 13.1. The third-order valence-electron chi connectivity index (χ3n) is 5.85. The highest BCUT2D eigenvalue weighted by Crippen LogP contribution is 2.21. The molecule has 0 unspecified atom stereocenters. The van der Waals surface area contributed by atoms with Gasteiger partial charge in [-0.3, -0.25) is 9.69 Å². The number of amides is 1. The maximum atomic E-state index is 13.1. The van der Waals surface area contributed by atoms with Crippen molar-refractivity contribution in [1.29, 1.82) is 0 Å². The van der Waals surface area contributed by atoms with Crippen molar-refractivity contribution in [3.05, 3.63) is 59.5 Å². The normalized spacial score (nSPS) is 14.9. The van der Waals surface area contributed by atoms with Gasteiger partial charge in [-0.15, -0.1) is 0 Å². The summed E-state index contributed by atoms with van der Waals surface area (Å²) in [7, 11) is -0.666. The zero-order valence-electron chi connectivity index (χ0n) is 19.3. The van der Waals surface area contributed by atoms with Gasteiger partial charge in [0.1, 0.15) is 5.75 Å². The molecule has 2 heterocycles. The lowest BCUT2D eigenvalue weighted by Crippen LogP contribution is -2.48. The average molecular weight is 486 g/mol. The van der Waals surface area contributed by atoms with E-state index in [9.17, 15) is 13.2 Å². The summed E-state index contributed by atoms with van der Waals surface area (Å²) in [4.78, 5) is 21.5. The van der Waals surface area contributed by atoms with E-state index in [1.54, 1.807) is 25.0 Å². The van der Waals surface area contributed by atoms with Crippen LogP contribution in [0.1, 0.15) is 21.8 Å². The molecule has 1 saturated heterocycles. The molecular formula is C23H27N5O5S. The molecule has 3 aromatic rings. The Hall–Kier alpha value is -3.28. The molecule has 0 radical (unpaired) electrons. The third kappa shape index (κ3) is 5.11. The first-order chi connectivity index (χ1) is 16.3. The number of hydrogen-bond donors (Lipinski definition) is 1. The Kier molecular flexibility index (Phi) is 6.96. The van der Waals surface area contributed by atoms with Gasteiger partial charge in [0.25, 0.3) is 5.91 Å². The number of piperazine rings is 1. The molecular weight excluding hydrogens is 458 g/mol. The second-order valence-corrected chi connectivity index (χ2v) is 9.88. The highest BCUT2D eigenvalue weighted by Gasteiger charge is 2.25. The van der Waals surface area contributed by atoms with Crippen molar-refractivity contribution < 1.29 is 22.5 Å². The van der Waals surface area contributed by atoms with Crippen molar-refractivity contribution in [2.24, 2.45) is 0 Å².